The van der Waals surface area contributed by atoms with Crippen molar-refractivity contribution in [3.8, 4) is 0 Å². The summed E-state index contributed by atoms with van der Waals surface area (Å²) < 4.78 is 0. The van der Waals surface area contributed by atoms with Gasteiger partial charge in [0.15, 0.2) is 0 Å². The number of allylic oxidation sites excluding steroid dienone is 2. The van der Waals surface area contributed by atoms with Crippen LogP contribution in [-0.2, 0) is 9.59 Å². The van der Waals surface area contributed by atoms with Crippen molar-refractivity contribution in [3.05, 3.63) is 12.2 Å². The molecule has 4 atom stereocenters. The van der Waals surface area contributed by atoms with Crippen molar-refractivity contribution in [1.82, 2.24) is 0 Å². The summed E-state index contributed by atoms with van der Waals surface area (Å²) in [6.07, 6.45) is 4.58. The second-order valence-electron chi connectivity index (χ2n) is 3.74. The molecule has 70 valence electrons. The van der Waals surface area contributed by atoms with E-state index in [4.69, 9.17) is 10.8 Å². The number of carboxylic acids is 1. The maximum atomic E-state index is 11.0. The van der Waals surface area contributed by atoms with Crippen LogP contribution in [-0.4, -0.2) is 17.0 Å². The van der Waals surface area contributed by atoms with Crippen LogP contribution in [0.5, 0.6) is 0 Å². The minimum absolute atomic E-state index is 0.0139. The minimum atomic E-state index is -0.902. The molecule has 2 bridgehead atoms. The number of hydrogen-bond donors (Lipinski definition) is 2. The Morgan fingerprint density at radius 1 is 1.23 bits per heavy atom. The zero-order valence-electron chi connectivity index (χ0n) is 7.01. The first-order valence-corrected chi connectivity index (χ1v) is 4.31. The Labute approximate surface area is 75.4 Å². The molecule has 1 amide bonds. The number of aliphatic carboxylic acids is 1. The molecule has 0 heterocycles. The molecule has 0 spiro atoms. The van der Waals surface area contributed by atoms with Crippen LogP contribution in [0.3, 0.4) is 0 Å². The van der Waals surface area contributed by atoms with Gasteiger partial charge in [-0.15, -0.1) is 0 Å². The summed E-state index contributed by atoms with van der Waals surface area (Å²) in [6, 6.07) is 0. The van der Waals surface area contributed by atoms with Crippen molar-refractivity contribution >= 4 is 11.9 Å². The van der Waals surface area contributed by atoms with E-state index in [9.17, 15) is 9.59 Å². The third kappa shape index (κ3) is 1.05. The van der Waals surface area contributed by atoms with Crippen molar-refractivity contribution in [2.24, 2.45) is 29.4 Å². The van der Waals surface area contributed by atoms with Gasteiger partial charge in [-0.1, -0.05) is 12.2 Å². The number of fused-ring (bicyclic) bond motifs is 2. The van der Waals surface area contributed by atoms with Gasteiger partial charge in [0.2, 0.25) is 5.91 Å². The highest BCUT2D eigenvalue weighted by Gasteiger charge is 2.50. The molecule has 3 N–H and O–H groups in total. The highest BCUT2D eigenvalue weighted by molar-refractivity contribution is 5.85. The Morgan fingerprint density at radius 3 is 2.15 bits per heavy atom. The molecule has 0 aromatic rings. The Balaban J connectivity index is 2.30. The van der Waals surface area contributed by atoms with Gasteiger partial charge in [-0.2, -0.15) is 0 Å². The van der Waals surface area contributed by atoms with E-state index in [1.807, 2.05) is 12.2 Å². The number of carboxylic acid groups (broad SMARTS) is 1. The van der Waals surface area contributed by atoms with Crippen LogP contribution >= 0.6 is 0 Å². The quantitative estimate of drug-likeness (QED) is 0.588. The third-order valence-corrected chi connectivity index (χ3v) is 3.07. The van der Waals surface area contributed by atoms with E-state index >= 15 is 0 Å². The van der Waals surface area contributed by atoms with Gasteiger partial charge in [0.1, 0.15) is 0 Å². The van der Waals surface area contributed by atoms with Crippen molar-refractivity contribution < 1.29 is 14.7 Å². The molecule has 4 nitrogen and oxygen atoms in total. The SMILES string of the molecule is NC(=O)C1C(C(=O)O)[C@@H]2C=C[C@H]1C2. The standard InChI is InChI=1S/C9H11NO3/c10-8(11)6-4-1-2-5(3-4)7(6)9(12)13/h1-2,4-7H,3H2,(H2,10,11)(H,12,13)/t4-,5+,6?,7?/m0/s1. The number of nitrogens with two attached hydrogens (primary N) is 1. The summed E-state index contributed by atoms with van der Waals surface area (Å²) in [4.78, 5) is 21.9. The van der Waals surface area contributed by atoms with Crippen molar-refractivity contribution in [1.29, 1.82) is 0 Å². The predicted octanol–water partition coefficient (Wildman–Crippen LogP) is -0.00540. The zero-order chi connectivity index (χ0) is 9.59. The van der Waals surface area contributed by atoms with Gasteiger partial charge in [-0.25, -0.2) is 0 Å². The molecule has 0 aromatic carbocycles. The van der Waals surface area contributed by atoms with Crippen LogP contribution in [0.4, 0.5) is 0 Å². The van der Waals surface area contributed by atoms with Gasteiger partial charge < -0.3 is 10.8 Å². The largest absolute Gasteiger partial charge is 0.481 e. The number of hydrogen-bond acceptors (Lipinski definition) is 2. The molecule has 2 aliphatic carbocycles. The second kappa shape index (κ2) is 2.58. The van der Waals surface area contributed by atoms with E-state index in [1.165, 1.54) is 0 Å². The molecule has 2 unspecified atom stereocenters. The Hall–Kier alpha value is -1.32. The molecular weight excluding hydrogens is 170 g/mol. The molecule has 0 saturated heterocycles. The number of primary amides is 1. The fraction of sp³-hybridized carbons (Fsp3) is 0.556. The Kier molecular flexibility index (Phi) is 1.65. The lowest BCUT2D eigenvalue weighted by Gasteiger charge is -2.21. The maximum Gasteiger partial charge on any atom is 0.307 e. The molecule has 2 aliphatic rings. The van der Waals surface area contributed by atoms with Crippen molar-refractivity contribution in [2.45, 2.75) is 6.42 Å². The normalized spacial score (nSPS) is 40.9. The molecule has 13 heavy (non-hydrogen) atoms. The van der Waals surface area contributed by atoms with Crippen LogP contribution in [0.25, 0.3) is 0 Å². The monoisotopic (exact) mass is 181 g/mol. The van der Waals surface area contributed by atoms with Crippen molar-refractivity contribution in [2.75, 3.05) is 0 Å². The first-order chi connectivity index (χ1) is 6.11. The van der Waals surface area contributed by atoms with E-state index in [0.29, 0.717) is 0 Å². The molecule has 1 fully saturated rings. The lowest BCUT2D eigenvalue weighted by molar-refractivity contribution is -0.147. The van der Waals surface area contributed by atoms with Crippen LogP contribution in [0.1, 0.15) is 6.42 Å². The van der Waals surface area contributed by atoms with Crippen molar-refractivity contribution in [3.63, 3.8) is 0 Å². The summed E-state index contributed by atoms with van der Waals surface area (Å²) in [5.74, 6) is -2.39. The van der Waals surface area contributed by atoms with Gasteiger partial charge in [0.25, 0.3) is 0 Å². The lowest BCUT2D eigenvalue weighted by atomic mass is 9.83. The summed E-state index contributed by atoms with van der Waals surface area (Å²) in [5, 5.41) is 8.91. The topological polar surface area (TPSA) is 80.4 Å². The highest BCUT2D eigenvalue weighted by Crippen LogP contribution is 2.47. The smallest absolute Gasteiger partial charge is 0.307 e. The van der Waals surface area contributed by atoms with Gasteiger partial charge in [0.05, 0.1) is 11.8 Å². The molecular formula is C9H11NO3. The average molecular weight is 181 g/mol. The molecule has 4 heteroatoms. The number of rotatable bonds is 2. The van der Waals surface area contributed by atoms with E-state index < -0.39 is 23.7 Å². The maximum absolute atomic E-state index is 11.0. The van der Waals surface area contributed by atoms with Crippen LogP contribution in [0.15, 0.2) is 12.2 Å². The van der Waals surface area contributed by atoms with Gasteiger partial charge in [0, 0.05) is 0 Å². The van der Waals surface area contributed by atoms with Crippen LogP contribution < -0.4 is 5.73 Å². The zero-order valence-corrected chi connectivity index (χ0v) is 7.01. The fourth-order valence-corrected chi connectivity index (χ4v) is 2.55. The first-order valence-electron chi connectivity index (χ1n) is 4.31. The first kappa shape index (κ1) is 8.29. The molecule has 0 radical (unpaired) electrons. The summed E-state index contributed by atoms with van der Waals surface area (Å²) in [5.41, 5.74) is 5.18. The Bertz CT molecular complexity index is 269. The van der Waals surface area contributed by atoms with Gasteiger partial charge >= 0.3 is 5.97 Å². The average Bonchev–Trinajstić information content (AvgIpc) is 2.60. The Morgan fingerprint density at radius 2 is 1.77 bits per heavy atom. The summed E-state index contributed by atoms with van der Waals surface area (Å²) >= 11 is 0. The van der Waals surface area contributed by atoms with Gasteiger partial charge in [-0.05, 0) is 18.3 Å². The third-order valence-electron chi connectivity index (χ3n) is 3.07. The molecule has 0 aliphatic heterocycles. The minimum Gasteiger partial charge on any atom is -0.481 e. The number of amides is 1. The molecule has 1 saturated carbocycles. The van der Waals surface area contributed by atoms with E-state index in [0.717, 1.165) is 6.42 Å². The molecule has 0 aromatic heterocycles. The number of carbonyl (C=O) groups excluding carboxylic acids is 1. The van der Waals surface area contributed by atoms with E-state index in [1.54, 1.807) is 0 Å². The van der Waals surface area contributed by atoms with Crippen LogP contribution in [0, 0.1) is 23.7 Å². The van der Waals surface area contributed by atoms with Crippen LogP contribution in [0.2, 0.25) is 0 Å². The summed E-state index contributed by atoms with van der Waals surface area (Å²) in [7, 11) is 0. The summed E-state index contributed by atoms with van der Waals surface area (Å²) in [6.45, 7) is 0. The van der Waals surface area contributed by atoms with Gasteiger partial charge in [-0.3, -0.25) is 9.59 Å². The van der Waals surface area contributed by atoms with E-state index in [2.05, 4.69) is 0 Å². The second-order valence-corrected chi connectivity index (χ2v) is 3.74. The predicted molar refractivity (Wildman–Crippen MR) is 44.5 cm³/mol. The van der Waals surface area contributed by atoms with E-state index in [-0.39, 0.29) is 11.8 Å². The fourth-order valence-electron chi connectivity index (χ4n) is 2.55. The molecule has 2 rings (SSSR count). The highest BCUT2D eigenvalue weighted by atomic mass is 16.4. The lowest BCUT2D eigenvalue weighted by Crippen LogP contribution is -2.36. The number of carbonyl (C=O) groups is 2.